The van der Waals surface area contributed by atoms with E-state index in [0.29, 0.717) is 10.9 Å². The van der Waals surface area contributed by atoms with Gasteiger partial charge in [0.1, 0.15) is 19.0 Å². The fourth-order valence-electron chi connectivity index (χ4n) is 2.88. The van der Waals surface area contributed by atoms with Crippen LogP contribution in [0.15, 0.2) is 53.6 Å². The van der Waals surface area contributed by atoms with Crippen molar-refractivity contribution in [2.45, 2.75) is 26.8 Å². The van der Waals surface area contributed by atoms with Gasteiger partial charge >= 0.3 is 5.97 Å². The van der Waals surface area contributed by atoms with Crippen LogP contribution in [0.25, 0.3) is 10.9 Å². The van der Waals surface area contributed by atoms with E-state index in [4.69, 9.17) is 9.47 Å². The number of hydrogen-bond donors (Lipinski definition) is 0. The van der Waals surface area contributed by atoms with E-state index in [1.165, 1.54) is 10.9 Å². The number of carbonyl (C=O) groups is 1. The monoisotopic (exact) mass is 366 g/mol. The summed E-state index contributed by atoms with van der Waals surface area (Å²) in [7, 11) is 0. The van der Waals surface area contributed by atoms with Gasteiger partial charge in [0.25, 0.3) is 5.56 Å². The van der Waals surface area contributed by atoms with Crippen molar-refractivity contribution in [3.8, 4) is 5.75 Å². The Labute approximate surface area is 157 Å². The zero-order valence-electron chi connectivity index (χ0n) is 15.5. The van der Waals surface area contributed by atoms with E-state index < -0.39 is 0 Å². The first-order chi connectivity index (χ1) is 13.0. The Kier molecular flexibility index (Phi) is 5.86. The Morgan fingerprint density at radius 3 is 2.59 bits per heavy atom. The Morgan fingerprint density at radius 2 is 1.81 bits per heavy atom. The molecule has 1 aromatic heterocycles. The maximum absolute atomic E-state index is 12.4. The molecule has 0 atom stereocenters. The number of nitrogens with zero attached hydrogens (tertiary/aromatic N) is 2. The molecule has 27 heavy (non-hydrogen) atoms. The van der Waals surface area contributed by atoms with Crippen molar-refractivity contribution < 1.29 is 14.3 Å². The van der Waals surface area contributed by atoms with Gasteiger partial charge in [0.15, 0.2) is 0 Å². The molecule has 0 N–H and O–H groups in total. The van der Waals surface area contributed by atoms with Gasteiger partial charge in [0, 0.05) is 6.54 Å². The average molecular weight is 366 g/mol. The van der Waals surface area contributed by atoms with Gasteiger partial charge in [-0.15, -0.1) is 0 Å². The molecule has 0 amide bonds. The standard InChI is InChI=1S/C21H22N2O4/c1-15-11-16(2)13-17(12-15)26-9-10-27-20(24)7-8-23-14-22-19-6-4-3-5-18(19)21(23)25/h3-6,11-14H,7-10H2,1-2H3. The normalized spacial score (nSPS) is 10.7. The molecule has 0 bridgehead atoms. The van der Waals surface area contributed by atoms with Crippen molar-refractivity contribution in [1.29, 1.82) is 0 Å². The average Bonchev–Trinajstić information content (AvgIpc) is 2.64. The predicted octanol–water partition coefficient (Wildman–Crippen LogP) is 3.03. The van der Waals surface area contributed by atoms with E-state index in [1.54, 1.807) is 18.2 Å². The third kappa shape index (κ3) is 4.94. The van der Waals surface area contributed by atoms with E-state index in [2.05, 4.69) is 11.1 Å². The number of para-hydroxylation sites is 1. The summed E-state index contributed by atoms with van der Waals surface area (Å²) in [5.41, 5.74) is 2.73. The number of fused-ring (bicyclic) bond motifs is 1. The molecule has 0 aliphatic carbocycles. The molecule has 6 heteroatoms. The summed E-state index contributed by atoms with van der Waals surface area (Å²) in [5.74, 6) is 0.386. The highest BCUT2D eigenvalue weighted by Gasteiger charge is 2.07. The van der Waals surface area contributed by atoms with E-state index >= 15 is 0 Å². The summed E-state index contributed by atoms with van der Waals surface area (Å²) >= 11 is 0. The molecule has 0 saturated carbocycles. The molecule has 3 aromatic rings. The third-order valence-electron chi connectivity index (χ3n) is 4.10. The van der Waals surface area contributed by atoms with E-state index in [1.807, 2.05) is 32.0 Å². The van der Waals surface area contributed by atoms with Crippen LogP contribution in [-0.2, 0) is 16.1 Å². The van der Waals surface area contributed by atoms with Crippen LogP contribution in [0.1, 0.15) is 17.5 Å². The molecule has 0 saturated heterocycles. The van der Waals surface area contributed by atoms with E-state index in [-0.39, 0.29) is 37.7 Å². The van der Waals surface area contributed by atoms with Crippen LogP contribution >= 0.6 is 0 Å². The number of aromatic nitrogens is 2. The lowest BCUT2D eigenvalue weighted by Crippen LogP contribution is -2.23. The number of esters is 1. The number of carbonyl (C=O) groups excluding carboxylic acids is 1. The molecule has 140 valence electrons. The fraction of sp³-hybridized carbons (Fsp3) is 0.286. The quantitative estimate of drug-likeness (QED) is 0.475. The summed E-state index contributed by atoms with van der Waals surface area (Å²) < 4.78 is 12.2. The molecular weight excluding hydrogens is 344 g/mol. The highest BCUT2D eigenvalue weighted by atomic mass is 16.6. The zero-order chi connectivity index (χ0) is 19.2. The molecule has 0 aliphatic heterocycles. The van der Waals surface area contributed by atoms with Gasteiger partial charge in [-0.1, -0.05) is 18.2 Å². The zero-order valence-corrected chi connectivity index (χ0v) is 15.5. The van der Waals surface area contributed by atoms with Crippen molar-refractivity contribution >= 4 is 16.9 Å². The molecule has 3 rings (SSSR count). The summed E-state index contributed by atoms with van der Waals surface area (Å²) in [5, 5.41) is 0.537. The van der Waals surface area contributed by atoms with Crippen molar-refractivity contribution in [2.75, 3.05) is 13.2 Å². The van der Waals surface area contributed by atoms with Crippen molar-refractivity contribution in [3.63, 3.8) is 0 Å². The topological polar surface area (TPSA) is 70.4 Å². The fourth-order valence-corrected chi connectivity index (χ4v) is 2.88. The number of benzene rings is 2. The minimum absolute atomic E-state index is 0.101. The summed E-state index contributed by atoms with van der Waals surface area (Å²) in [6, 6.07) is 13.1. The van der Waals surface area contributed by atoms with Gasteiger partial charge < -0.3 is 9.47 Å². The summed E-state index contributed by atoms with van der Waals surface area (Å²) in [6.45, 7) is 4.68. The second-order valence-corrected chi connectivity index (χ2v) is 6.40. The Morgan fingerprint density at radius 1 is 1.07 bits per heavy atom. The first kappa shape index (κ1) is 18.6. The molecule has 2 aromatic carbocycles. The molecule has 0 spiro atoms. The Hall–Kier alpha value is -3.15. The lowest BCUT2D eigenvalue weighted by molar-refractivity contribution is -0.144. The minimum Gasteiger partial charge on any atom is -0.490 e. The maximum Gasteiger partial charge on any atom is 0.307 e. The third-order valence-corrected chi connectivity index (χ3v) is 4.10. The van der Waals surface area contributed by atoms with Crippen molar-refractivity contribution in [3.05, 3.63) is 70.3 Å². The largest absolute Gasteiger partial charge is 0.490 e. The second kappa shape index (κ2) is 8.49. The molecule has 0 radical (unpaired) electrons. The van der Waals surface area contributed by atoms with Gasteiger partial charge in [-0.3, -0.25) is 14.2 Å². The number of rotatable bonds is 7. The van der Waals surface area contributed by atoms with E-state index in [9.17, 15) is 9.59 Å². The van der Waals surface area contributed by atoms with Crippen molar-refractivity contribution in [2.24, 2.45) is 0 Å². The Bertz CT molecular complexity index is 990. The number of aryl methyl sites for hydroxylation is 3. The van der Waals surface area contributed by atoms with Crippen LogP contribution < -0.4 is 10.3 Å². The lowest BCUT2D eigenvalue weighted by atomic mass is 10.1. The molecule has 0 unspecified atom stereocenters. The first-order valence-corrected chi connectivity index (χ1v) is 8.84. The van der Waals surface area contributed by atoms with Gasteiger partial charge in [-0.05, 0) is 49.2 Å². The van der Waals surface area contributed by atoms with Gasteiger partial charge in [-0.25, -0.2) is 4.98 Å². The first-order valence-electron chi connectivity index (χ1n) is 8.84. The molecule has 0 fully saturated rings. The molecular formula is C21H22N2O4. The number of hydrogen-bond acceptors (Lipinski definition) is 5. The van der Waals surface area contributed by atoms with Gasteiger partial charge in [0.2, 0.25) is 0 Å². The highest BCUT2D eigenvalue weighted by molar-refractivity contribution is 5.77. The smallest absolute Gasteiger partial charge is 0.307 e. The van der Waals surface area contributed by atoms with Crippen LogP contribution in [0.5, 0.6) is 5.75 Å². The van der Waals surface area contributed by atoms with Crippen LogP contribution in [0, 0.1) is 13.8 Å². The molecule has 1 heterocycles. The maximum atomic E-state index is 12.4. The highest BCUT2D eigenvalue weighted by Crippen LogP contribution is 2.16. The van der Waals surface area contributed by atoms with Crippen LogP contribution in [0.3, 0.4) is 0 Å². The lowest BCUT2D eigenvalue weighted by Gasteiger charge is -2.09. The van der Waals surface area contributed by atoms with Crippen LogP contribution in [-0.4, -0.2) is 28.7 Å². The summed E-state index contributed by atoms with van der Waals surface area (Å²) in [4.78, 5) is 28.5. The Balaban J connectivity index is 1.46. The minimum atomic E-state index is -0.376. The SMILES string of the molecule is Cc1cc(C)cc(OCCOC(=O)CCn2cnc3ccccc3c2=O)c1. The van der Waals surface area contributed by atoms with Crippen LogP contribution in [0.2, 0.25) is 0 Å². The molecule has 0 aliphatic rings. The predicted molar refractivity (Wildman–Crippen MR) is 103 cm³/mol. The van der Waals surface area contributed by atoms with Crippen molar-refractivity contribution in [1.82, 2.24) is 9.55 Å². The van der Waals surface area contributed by atoms with E-state index in [0.717, 1.165) is 16.9 Å². The van der Waals surface area contributed by atoms with Gasteiger partial charge in [0.05, 0.1) is 23.7 Å². The van der Waals surface area contributed by atoms with Gasteiger partial charge in [-0.2, -0.15) is 0 Å². The van der Waals surface area contributed by atoms with Crippen LogP contribution in [0.4, 0.5) is 0 Å². The summed E-state index contributed by atoms with van der Waals surface area (Å²) in [6.07, 6.45) is 1.56. The number of ether oxygens (including phenoxy) is 2. The second-order valence-electron chi connectivity index (χ2n) is 6.40. The molecule has 6 nitrogen and oxygen atoms in total.